The number of fused-ring (bicyclic) bond motifs is 3. The summed E-state index contributed by atoms with van der Waals surface area (Å²) in [7, 11) is 0. The largest absolute Gasteiger partial charge is 0.489 e. The number of benzene rings is 2. The molecule has 2 aromatic carbocycles. The van der Waals surface area contributed by atoms with Crippen LogP contribution in [0, 0.1) is 0 Å². The third-order valence-corrected chi connectivity index (χ3v) is 3.30. The predicted octanol–water partition coefficient (Wildman–Crippen LogP) is 3.94. The molecule has 1 atom stereocenters. The molecule has 1 heterocycles. The second-order valence-electron chi connectivity index (χ2n) is 4.51. The molecule has 1 nitrogen and oxygen atoms in total. The Morgan fingerprint density at radius 2 is 2.06 bits per heavy atom. The minimum absolute atomic E-state index is 0.394. The lowest BCUT2D eigenvalue weighted by atomic mass is 10.0. The molecule has 0 fully saturated rings. The lowest BCUT2D eigenvalue weighted by molar-refractivity contribution is 0.222. The van der Waals surface area contributed by atoms with Gasteiger partial charge in [0.15, 0.2) is 0 Å². The zero-order valence-electron chi connectivity index (χ0n) is 9.57. The van der Waals surface area contributed by atoms with Crippen molar-refractivity contribution in [2.24, 2.45) is 0 Å². The van der Waals surface area contributed by atoms with Crippen LogP contribution in [0.15, 0.2) is 36.4 Å². The van der Waals surface area contributed by atoms with Gasteiger partial charge in [-0.2, -0.15) is 0 Å². The van der Waals surface area contributed by atoms with Crippen LogP contribution in [-0.2, 0) is 6.42 Å². The summed E-state index contributed by atoms with van der Waals surface area (Å²) in [4.78, 5) is 0. The molecule has 82 valence electrons. The minimum Gasteiger partial charge on any atom is -0.489 e. The molecule has 2 aromatic rings. The molecule has 0 spiro atoms. The second-order valence-corrected chi connectivity index (χ2v) is 4.51. The maximum Gasteiger partial charge on any atom is 0.130 e. The third-order valence-electron chi connectivity index (χ3n) is 3.30. The van der Waals surface area contributed by atoms with Gasteiger partial charge >= 0.3 is 0 Å². The fourth-order valence-corrected chi connectivity index (χ4v) is 2.52. The topological polar surface area (TPSA) is 9.23 Å². The number of ether oxygens (including phenoxy) is 1. The average Bonchev–Trinajstić information content (AvgIpc) is 2.72. The van der Waals surface area contributed by atoms with Gasteiger partial charge in [-0.15, -0.1) is 0 Å². The summed E-state index contributed by atoms with van der Waals surface area (Å²) in [6.45, 7) is 2.21. The summed E-state index contributed by atoms with van der Waals surface area (Å²) in [6.07, 6.45) is 3.82. The van der Waals surface area contributed by atoms with Crippen molar-refractivity contribution in [3.63, 3.8) is 0 Å². The number of hydrogen-bond donors (Lipinski definition) is 0. The lowest BCUT2D eigenvalue weighted by Gasteiger charge is -2.09. The van der Waals surface area contributed by atoms with Crippen molar-refractivity contribution < 1.29 is 4.74 Å². The molecule has 0 saturated carbocycles. The van der Waals surface area contributed by atoms with Crippen molar-refractivity contribution in [3.8, 4) is 5.75 Å². The first-order chi connectivity index (χ1) is 7.88. The first-order valence-electron chi connectivity index (χ1n) is 6.06. The molecule has 1 aliphatic rings. The number of hydrogen-bond acceptors (Lipinski definition) is 1. The van der Waals surface area contributed by atoms with Gasteiger partial charge in [-0.3, -0.25) is 0 Å². The Bertz CT molecular complexity index is 516. The maximum absolute atomic E-state index is 6.06. The normalized spacial score (nSPS) is 18.4. The molecule has 0 aliphatic carbocycles. The van der Waals surface area contributed by atoms with Crippen LogP contribution in [-0.4, -0.2) is 6.10 Å². The molecule has 0 radical (unpaired) electrons. The van der Waals surface area contributed by atoms with Gasteiger partial charge in [-0.25, -0.2) is 0 Å². The first kappa shape index (κ1) is 9.71. The van der Waals surface area contributed by atoms with Crippen LogP contribution in [0.5, 0.6) is 5.75 Å². The Morgan fingerprint density at radius 1 is 1.19 bits per heavy atom. The van der Waals surface area contributed by atoms with E-state index < -0.39 is 0 Å². The standard InChI is InChI=1S/C15H16O/c1-2-5-13-10-12-9-8-11-6-3-4-7-14(11)15(12)16-13/h3-4,6-9,13H,2,5,10H2,1H3. The summed E-state index contributed by atoms with van der Waals surface area (Å²) >= 11 is 0. The average molecular weight is 212 g/mol. The maximum atomic E-state index is 6.06. The molecule has 0 N–H and O–H groups in total. The Hall–Kier alpha value is -1.50. The molecule has 0 amide bonds. The van der Waals surface area contributed by atoms with Crippen molar-refractivity contribution in [3.05, 3.63) is 42.0 Å². The van der Waals surface area contributed by atoms with Crippen molar-refractivity contribution in [1.82, 2.24) is 0 Å². The van der Waals surface area contributed by atoms with Crippen LogP contribution in [0.25, 0.3) is 10.8 Å². The van der Waals surface area contributed by atoms with Crippen LogP contribution in [0.3, 0.4) is 0 Å². The van der Waals surface area contributed by atoms with E-state index in [0.717, 1.165) is 18.6 Å². The van der Waals surface area contributed by atoms with Crippen LogP contribution in [0.1, 0.15) is 25.3 Å². The van der Waals surface area contributed by atoms with E-state index in [0.29, 0.717) is 6.10 Å². The van der Waals surface area contributed by atoms with Gasteiger partial charge in [0.2, 0.25) is 0 Å². The van der Waals surface area contributed by atoms with Gasteiger partial charge < -0.3 is 4.74 Å². The third kappa shape index (κ3) is 1.47. The Morgan fingerprint density at radius 3 is 2.94 bits per heavy atom. The Balaban J connectivity index is 2.07. The first-order valence-corrected chi connectivity index (χ1v) is 6.06. The molecule has 16 heavy (non-hydrogen) atoms. The Labute approximate surface area is 96.0 Å². The molecule has 0 bridgehead atoms. The fourth-order valence-electron chi connectivity index (χ4n) is 2.52. The van der Waals surface area contributed by atoms with Crippen LogP contribution in [0.2, 0.25) is 0 Å². The van der Waals surface area contributed by atoms with Crippen molar-refractivity contribution in [2.75, 3.05) is 0 Å². The quantitative estimate of drug-likeness (QED) is 0.732. The highest BCUT2D eigenvalue weighted by Crippen LogP contribution is 2.37. The fraction of sp³-hybridized carbons (Fsp3) is 0.333. The summed E-state index contributed by atoms with van der Waals surface area (Å²) in [5.41, 5.74) is 1.37. The Kier molecular flexibility index (Phi) is 2.32. The highest BCUT2D eigenvalue weighted by atomic mass is 16.5. The zero-order valence-corrected chi connectivity index (χ0v) is 9.57. The van der Waals surface area contributed by atoms with Gasteiger partial charge in [-0.1, -0.05) is 49.7 Å². The summed E-state index contributed by atoms with van der Waals surface area (Å²) in [6, 6.07) is 12.9. The highest BCUT2D eigenvalue weighted by Gasteiger charge is 2.23. The highest BCUT2D eigenvalue weighted by molar-refractivity contribution is 5.90. The molecule has 1 heteroatoms. The lowest BCUT2D eigenvalue weighted by Crippen LogP contribution is -2.11. The van der Waals surface area contributed by atoms with E-state index in [1.807, 2.05) is 0 Å². The van der Waals surface area contributed by atoms with E-state index >= 15 is 0 Å². The molecule has 0 saturated heterocycles. The van der Waals surface area contributed by atoms with Crippen LogP contribution in [0.4, 0.5) is 0 Å². The van der Waals surface area contributed by atoms with E-state index in [-0.39, 0.29) is 0 Å². The summed E-state index contributed by atoms with van der Waals surface area (Å²) < 4.78 is 6.06. The van der Waals surface area contributed by atoms with E-state index in [2.05, 4.69) is 43.3 Å². The SMILES string of the molecule is CCCC1Cc2ccc3ccccc3c2O1. The van der Waals surface area contributed by atoms with Crippen LogP contribution < -0.4 is 4.74 Å². The van der Waals surface area contributed by atoms with Crippen molar-refractivity contribution in [1.29, 1.82) is 0 Å². The summed E-state index contributed by atoms with van der Waals surface area (Å²) in [5, 5.41) is 2.54. The van der Waals surface area contributed by atoms with Crippen molar-refractivity contribution >= 4 is 10.8 Å². The van der Waals surface area contributed by atoms with E-state index in [1.54, 1.807) is 0 Å². The summed E-state index contributed by atoms with van der Waals surface area (Å²) in [5.74, 6) is 1.12. The van der Waals surface area contributed by atoms with Crippen LogP contribution >= 0.6 is 0 Å². The molecular formula is C15H16O. The van der Waals surface area contributed by atoms with E-state index in [1.165, 1.54) is 22.8 Å². The molecule has 1 unspecified atom stereocenters. The molecule has 0 aromatic heterocycles. The molecule has 3 rings (SSSR count). The smallest absolute Gasteiger partial charge is 0.130 e. The van der Waals surface area contributed by atoms with Gasteiger partial charge in [0.25, 0.3) is 0 Å². The molecule has 1 aliphatic heterocycles. The predicted molar refractivity (Wildman–Crippen MR) is 67.0 cm³/mol. The van der Waals surface area contributed by atoms with Gasteiger partial charge in [-0.05, 0) is 17.4 Å². The van der Waals surface area contributed by atoms with Gasteiger partial charge in [0.05, 0.1) is 0 Å². The zero-order chi connectivity index (χ0) is 11.0. The van der Waals surface area contributed by atoms with E-state index in [9.17, 15) is 0 Å². The van der Waals surface area contributed by atoms with Gasteiger partial charge in [0.1, 0.15) is 11.9 Å². The van der Waals surface area contributed by atoms with Gasteiger partial charge in [0, 0.05) is 11.8 Å². The van der Waals surface area contributed by atoms with E-state index in [4.69, 9.17) is 4.74 Å². The molecular weight excluding hydrogens is 196 g/mol. The minimum atomic E-state index is 0.394. The second kappa shape index (κ2) is 3.82. The monoisotopic (exact) mass is 212 g/mol. The van der Waals surface area contributed by atoms with Crippen molar-refractivity contribution in [2.45, 2.75) is 32.3 Å². The number of rotatable bonds is 2.